The van der Waals surface area contributed by atoms with Crippen LogP contribution in [0.2, 0.25) is 0 Å². The molecule has 2 rings (SSSR count). The summed E-state index contributed by atoms with van der Waals surface area (Å²) in [6.07, 6.45) is 1.46. The minimum Gasteiger partial charge on any atom is -0.411 e. The largest absolute Gasteiger partial charge is 0.411 e. The summed E-state index contributed by atoms with van der Waals surface area (Å²) in [6, 6.07) is 5.11. The average molecular weight is 220 g/mol. The van der Waals surface area contributed by atoms with Crippen molar-refractivity contribution in [1.29, 1.82) is 0 Å². The van der Waals surface area contributed by atoms with Gasteiger partial charge in [-0.2, -0.15) is 0 Å². The summed E-state index contributed by atoms with van der Waals surface area (Å²) < 4.78 is 0. The van der Waals surface area contributed by atoms with Gasteiger partial charge in [0, 0.05) is 5.56 Å². The Labute approximate surface area is 91.6 Å². The highest BCUT2D eigenvalue weighted by Crippen LogP contribution is 2.21. The highest BCUT2D eigenvalue weighted by molar-refractivity contribution is 5.73. The van der Waals surface area contributed by atoms with E-state index in [2.05, 4.69) is 10.1 Å². The van der Waals surface area contributed by atoms with Crippen molar-refractivity contribution in [1.82, 2.24) is 9.94 Å². The fourth-order valence-electron chi connectivity index (χ4n) is 1.54. The Kier molecular flexibility index (Phi) is 2.74. The lowest BCUT2D eigenvalue weighted by Gasteiger charge is -2.10. The smallest absolute Gasteiger partial charge is 0.133 e. The molecule has 0 unspecified atom stereocenters. The minimum atomic E-state index is -0.0178. The predicted octanol–water partition coefficient (Wildman–Crippen LogP) is -0.300. The molecule has 0 aromatic carbocycles. The Morgan fingerprint density at radius 2 is 2.19 bits per heavy atom. The normalized spacial score (nSPS) is 12.2. The third-order valence-corrected chi connectivity index (χ3v) is 2.22. The molecule has 6 nitrogen and oxygen atoms in total. The molecule has 0 atom stereocenters. The number of nitrogens with zero attached hydrogens (tertiary/aromatic N) is 3. The molecule has 0 saturated heterocycles. The number of anilines is 1. The lowest BCUT2D eigenvalue weighted by molar-refractivity contribution is 0.149. The number of hydrogen-bond acceptors (Lipinski definition) is 5. The molecular formula is C10H12N4O2. The number of aliphatic hydroxyl groups excluding tert-OH is 1. The number of aromatic nitrogens is 2. The van der Waals surface area contributed by atoms with Gasteiger partial charge in [-0.25, -0.2) is 0 Å². The first-order chi connectivity index (χ1) is 7.74. The molecule has 0 spiro atoms. The summed E-state index contributed by atoms with van der Waals surface area (Å²) in [5, 5.41) is 22.6. The van der Waals surface area contributed by atoms with E-state index in [1.165, 1.54) is 6.20 Å². The van der Waals surface area contributed by atoms with E-state index in [1.54, 1.807) is 18.2 Å². The van der Waals surface area contributed by atoms with Crippen LogP contribution in [0, 0.1) is 0 Å². The molecule has 0 aromatic heterocycles. The molecular weight excluding hydrogens is 208 g/mol. The molecule has 2 aliphatic rings. The van der Waals surface area contributed by atoms with Crippen LogP contribution in [0.1, 0.15) is 0 Å². The molecule has 1 heterocycles. The van der Waals surface area contributed by atoms with Crippen LogP contribution in [0.5, 0.6) is 0 Å². The summed E-state index contributed by atoms with van der Waals surface area (Å²) in [4.78, 5) is 4.90. The van der Waals surface area contributed by atoms with Crippen LogP contribution in [-0.4, -0.2) is 33.4 Å². The molecule has 16 heavy (non-hydrogen) atoms. The van der Waals surface area contributed by atoms with Gasteiger partial charge in [-0.1, -0.05) is 4.85 Å². The van der Waals surface area contributed by atoms with Crippen LogP contribution in [0.25, 0.3) is 11.3 Å². The number of aliphatic hydroxyl groups is 1. The summed E-state index contributed by atoms with van der Waals surface area (Å²) in [6.45, 7) is 0.294. The zero-order valence-corrected chi connectivity index (χ0v) is 8.54. The highest BCUT2D eigenvalue weighted by atomic mass is 16.5. The third kappa shape index (κ3) is 1.70. The van der Waals surface area contributed by atoms with Crippen molar-refractivity contribution < 1.29 is 10.3 Å². The quantitative estimate of drug-likeness (QED) is 0.478. The Balaban J connectivity index is 2.70. The first-order valence-electron chi connectivity index (χ1n) is 4.81. The number of benzene rings is 1. The third-order valence-electron chi connectivity index (χ3n) is 2.22. The Morgan fingerprint density at radius 3 is 2.94 bits per heavy atom. The van der Waals surface area contributed by atoms with Crippen LogP contribution >= 0.6 is 0 Å². The van der Waals surface area contributed by atoms with E-state index in [9.17, 15) is 5.21 Å². The van der Waals surface area contributed by atoms with Crippen LogP contribution in [0.4, 0.5) is 5.69 Å². The molecule has 1 aliphatic carbocycles. The van der Waals surface area contributed by atoms with E-state index >= 15 is 0 Å². The standard InChI is InChI=1S/C10H12N4O2/c11-8-1-2-9(12-5-6-15)7-3-4-13-14(16)10(7)8/h1-4,15-16H,5-6,11H2. The van der Waals surface area contributed by atoms with Crippen molar-refractivity contribution in [2.75, 3.05) is 18.9 Å². The number of rotatable bonds is 2. The molecule has 84 valence electrons. The van der Waals surface area contributed by atoms with Gasteiger partial charge in [0.1, 0.15) is 5.69 Å². The average Bonchev–Trinajstić information content (AvgIpc) is 2.28. The van der Waals surface area contributed by atoms with Crippen LogP contribution < -0.4 is 11.1 Å². The zero-order valence-electron chi connectivity index (χ0n) is 8.54. The van der Waals surface area contributed by atoms with E-state index < -0.39 is 0 Å². The SMILES string of the molecule is Nc1ccc(=NCCO)c2ccnn(O)c1-2. The van der Waals surface area contributed by atoms with Crippen LogP contribution in [-0.2, 0) is 0 Å². The van der Waals surface area contributed by atoms with E-state index in [0.717, 1.165) is 4.85 Å². The summed E-state index contributed by atoms with van der Waals surface area (Å²) in [5.74, 6) is 0. The number of hydrogen-bond donors (Lipinski definition) is 3. The van der Waals surface area contributed by atoms with Crippen LogP contribution in [0.3, 0.4) is 0 Å². The molecule has 0 bridgehead atoms. The van der Waals surface area contributed by atoms with Gasteiger partial charge in [0.25, 0.3) is 0 Å². The van der Waals surface area contributed by atoms with Crippen molar-refractivity contribution in [3.05, 3.63) is 29.8 Å². The molecule has 0 saturated carbocycles. The summed E-state index contributed by atoms with van der Waals surface area (Å²) in [5.41, 5.74) is 7.29. The van der Waals surface area contributed by atoms with Crippen LogP contribution in [0.15, 0.2) is 29.4 Å². The van der Waals surface area contributed by atoms with E-state index in [1.807, 2.05) is 0 Å². The Morgan fingerprint density at radius 1 is 1.38 bits per heavy atom. The lowest BCUT2D eigenvalue weighted by Crippen LogP contribution is -2.16. The molecule has 0 amide bonds. The summed E-state index contributed by atoms with van der Waals surface area (Å²) >= 11 is 0. The fraction of sp³-hybridized carbons (Fsp3) is 0.200. The number of fused-ring (bicyclic) bond motifs is 1. The second-order valence-electron chi connectivity index (χ2n) is 3.26. The van der Waals surface area contributed by atoms with Gasteiger partial charge in [-0.15, -0.1) is 5.10 Å². The van der Waals surface area contributed by atoms with Crippen molar-refractivity contribution >= 4 is 5.69 Å². The summed E-state index contributed by atoms with van der Waals surface area (Å²) in [7, 11) is 0. The molecule has 4 N–H and O–H groups in total. The second-order valence-corrected chi connectivity index (χ2v) is 3.26. The Hall–Kier alpha value is -2.08. The molecule has 0 radical (unpaired) electrons. The maximum atomic E-state index is 9.54. The number of nitrogens with two attached hydrogens (primary N) is 1. The molecule has 6 heteroatoms. The van der Waals surface area contributed by atoms with Gasteiger partial charge in [0.05, 0.1) is 30.4 Å². The van der Waals surface area contributed by atoms with Crippen molar-refractivity contribution in [3.8, 4) is 11.3 Å². The fourth-order valence-corrected chi connectivity index (χ4v) is 1.54. The van der Waals surface area contributed by atoms with Crippen molar-refractivity contribution in [2.45, 2.75) is 0 Å². The van der Waals surface area contributed by atoms with E-state index in [0.29, 0.717) is 28.8 Å². The lowest BCUT2D eigenvalue weighted by atomic mass is 10.1. The molecule has 0 aromatic rings. The monoisotopic (exact) mass is 220 g/mol. The van der Waals surface area contributed by atoms with Crippen molar-refractivity contribution in [2.24, 2.45) is 4.99 Å². The first kappa shape index (κ1) is 10.4. The van der Waals surface area contributed by atoms with Gasteiger partial charge in [0.15, 0.2) is 0 Å². The molecule has 0 fully saturated rings. The second kappa shape index (κ2) is 4.19. The van der Waals surface area contributed by atoms with Gasteiger partial charge in [-0.05, 0) is 18.2 Å². The maximum Gasteiger partial charge on any atom is 0.133 e. The van der Waals surface area contributed by atoms with Crippen molar-refractivity contribution in [3.63, 3.8) is 0 Å². The molecule has 1 aliphatic heterocycles. The van der Waals surface area contributed by atoms with Gasteiger partial charge >= 0.3 is 0 Å². The number of nitrogen functional groups attached to an aromatic ring is 1. The van der Waals surface area contributed by atoms with Gasteiger partial charge in [0.2, 0.25) is 0 Å². The highest BCUT2D eigenvalue weighted by Gasteiger charge is 2.11. The maximum absolute atomic E-state index is 9.54. The Bertz CT molecular complexity index is 535. The predicted molar refractivity (Wildman–Crippen MR) is 58.0 cm³/mol. The first-order valence-corrected chi connectivity index (χ1v) is 4.81. The minimum absolute atomic E-state index is 0.0178. The van der Waals surface area contributed by atoms with E-state index in [-0.39, 0.29) is 6.61 Å². The van der Waals surface area contributed by atoms with E-state index in [4.69, 9.17) is 10.8 Å². The zero-order chi connectivity index (χ0) is 11.5. The van der Waals surface area contributed by atoms with Gasteiger partial charge in [-0.3, -0.25) is 4.99 Å². The topological polar surface area (TPSA) is 96.7 Å². The van der Waals surface area contributed by atoms with Gasteiger partial charge < -0.3 is 16.0 Å².